The van der Waals surface area contributed by atoms with Crippen LogP contribution in [0.15, 0.2) is 11.5 Å². The Labute approximate surface area is 103 Å². The van der Waals surface area contributed by atoms with Gasteiger partial charge in [0.15, 0.2) is 5.16 Å². The number of amides is 1. The topological polar surface area (TPSA) is 69.0 Å². The Morgan fingerprint density at radius 2 is 2.41 bits per heavy atom. The Morgan fingerprint density at radius 3 is 3.06 bits per heavy atom. The van der Waals surface area contributed by atoms with Gasteiger partial charge in [-0.3, -0.25) is 4.79 Å². The molecule has 1 aromatic rings. The lowest BCUT2D eigenvalue weighted by Crippen LogP contribution is -2.49. The van der Waals surface area contributed by atoms with E-state index in [2.05, 4.69) is 20.1 Å². The van der Waals surface area contributed by atoms with E-state index in [9.17, 15) is 4.79 Å². The first-order valence-electron chi connectivity index (χ1n) is 5.72. The van der Waals surface area contributed by atoms with Crippen molar-refractivity contribution in [2.45, 2.75) is 30.1 Å². The number of carbonyl (C=O) groups excluding carboxylic acids is 1. The molecule has 0 atom stereocenters. The average molecular weight is 254 g/mol. The van der Waals surface area contributed by atoms with Crippen molar-refractivity contribution in [3.05, 3.63) is 6.33 Å². The van der Waals surface area contributed by atoms with Crippen LogP contribution < -0.4 is 5.32 Å². The van der Waals surface area contributed by atoms with Crippen LogP contribution in [0.1, 0.15) is 18.9 Å². The summed E-state index contributed by atoms with van der Waals surface area (Å²) in [6, 6.07) is 0.750. The van der Waals surface area contributed by atoms with Gasteiger partial charge < -0.3 is 14.6 Å². The Hall–Kier alpha value is -1.08. The lowest BCUT2D eigenvalue weighted by Gasteiger charge is -2.26. The van der Waals surface area contributed by atoms with Gasteiger partial charge in [0.2, 0.25) is 5.91 Å². The molecule has 0 unspecified atom stereocenters. The molecule has 17 heavy (non-hydrogen) atoms. The number of aromatic nitrogens is 3. The third-order valence-electron chi connectivity index (χ3n) is 2.82. The largest absolute Gasteiger partial charge is 0.377 e. The van der Waals surface area contributed by atoms with E-state index in [1.54, 1.807) is 6.33 Å². The van der Waals surface area contributed by atoms with Gasteiger partial charge >= 0.3 is 0 Å². The Balaban J connectivity index is 1.48. The monoisotopic (exact) mass is 254 g/mol. The first-order chi connectivity index (χ1) is 8.33. The maximum absolute atomic E-state index is 11.6. The molecule has 0 radical (unpaired) electrons. The summed E-state index contributed by atoms with van der Waals surface area (Å²) in [7, 11) is 0. The second-order valence-corrected chi connectivity index (χ2v) is 5.29. The number of hydrogen-bond donors (Lipinski definition) is 1. The number of ether oxygens (including phenoxy) is 1. The van der Waals surface area contributed by atoms with Gasteiger partial charge in [0.1, 0.15) is 6.33 Å². The smallest absolute Gasteiger partial charge is 0.230 e. The fourth-order valence-corrected chi connectivity index (χ4v) is 2.45. The predicted molar refractivity (Wildman–Crippen MR) is 61.8 cm³/mol. The second kappa shape index (κ2) is 4.66. The molecular formula is C10H14N4O2S. The first-order valence-corrected chi connectivity index (χ1v) is 6.71. The van der Waals surface area contributed by atoms with Crippen LogP contribution in [-0.2, 0) is 9.53 Å². The zero-order chi connectivity index (χ0) is 11.7. The first kappa shape index (κ1) is 11.0. The van der Waals surface area contributed by atoms with Crippen LogP contribution >= 0.6 is 11.8 Å². The van der Waals surface area contributed by atoms with E-state index in [1.807, 2.05) is 0 Å². The molecule has 2 fully saturated rings. The van der Waals surface area contributed by atoms with E-state index in [0.29, 0.717) is 25.0 Å². The quantitative estimate of drug-likeness (QED) is 0.761. The number of nitrogens with zero attached hydrogens (tertiary/aromatic N) is 3. The molecule has 0 bridgehead atoms. The number of hydrogen-bond acceptors (Lipinski definition) is 5. The molecule has 2 heterocycles. The van der Waals surface area contributed by atoms with E-state index in [4.69, 9.17) is 4.74 Å². The van der Waals surface area contributed by atoms with Gasteiger partial charge in [-0.15, -0.1) is 10.2 Å². The van der Waals surface area contributed by atoms with Crippen molar-refractivity contribution in [2.75, 3.05) is 19.0 Å². The molecule has 3 rings (SSSR count). The van der Waals surface area contributed by atoms with E-state index < -0.39 is 0 Å². The van der Waals surface area contributed by atoms with E-state index in [1.165, 1.54) is 24.6 Å². The van der Waals surface area contributed by atoms with Crippen LogP contribution in [0.5, 0.6) is 0 Å². The molecule has 1 aliphatic heterocycles. The fraction of sp³-hybridized carbons (Fsp3) is 0.700. The molecule has 2 aliphatic rings. The number of nitrogens with one attached hydrogen (secondary N) is 1. The number of carbonyl (C=O) groups is 1. The SMILES string of the molecule is O=C(CSc1nncn1C1CC1)NC1COC1. The fourth-order valence-electron chi connectivity index (χ4n) is 1.66. The molecule has 1 saturated heterocycles. The Morgan fingerprint density at radius 1 is 1.59 bits per heavy atom. The summed E-state index contributed by atoms with van der Waals surface area (Å²) in [6.07, 6.45) is 4.13. The minimum Gasteiger partial charge on any atom is -0.377 e. The molecular weight excluding hydrogens is 240 g/mol. The Kier molecular flexibility index (Phi) is 3.02. The van der Waals surface area contributed by atoms with Crippen LogP contribution in [0.3, 0.4) is 0 Å². The Bertz CT molecular complexity index is 414. The highest BCUT2D eigenvalue weighted by Crippen LogP contribution is 2.37. The number of rotatable bonds is 5. The molecule has 7 heteroatoms. The summed E-state index contributed by atoms with van der Waals surface area (Å²) < 4.78 is 7.06. The van der Waals surface area contributed by atoms with E-state index in [0.717, 1.165) is 5.16 Å². The van der Waals surface area contributed by atoms with Gasteiger partial charge in [-0.05, 0) is 12.8 Å². The van der Waals surface area contributed by atoms with Crippen molar-refractivity contribution in [3.8, 4) is 0 Å². The van der Waals surface area contributed by atoms with Crippen LogP contribution in [0.2, 0.25) is 0 Å². The van der Waals surface area contributed by atoms with Crippen LogP contribution in [0.4, 0.5) is 0 Å². The minimum absolute atomic E-state index is 0.0358. The van der Waals surface area contributed by atoms with E-state index >= 15 is 0 Å². The predicted octanol–water partition coefficient (Wildman–Crippen LogP) is 0.220. The van der Waals surface area contributed by atoms with Crippen molar-refractivity contribution in [1.29, 1.82) is 0 Å². The molecule has 0 spiro atoms. The van der Waals surface area contributed by atoms with Crippen molar-refractivity contribution >= 4 is 17.7 Å². The highest BCUT2D eigenvalue weighted by Gasteiger charge is 2.26. The van der Waals surface area contributed by atoms with Crippen molar-refractivity contribution in [2.24, 2.45) is 0 Å². The third kappa shape index (κ3) is 2.61. The number of thioether (sulfide) groups is 1. The second-order valence-electron chi connectivity index (χ2n) is 4.34. The van der Waals surface area contributed by atoms with Gasteiger partial charge in [-0.2, -0.15) is 0 Å². The van der Waals surface area contributed by atoms with Gasteiger partial charge in [0.25, 0.3) is 0 Å². The molecule has 1 N–H and O–H groups in total. The van der Waals surface area contributed by atoms with Crippen molar-refractivity contribution < 1.29 is 9.53 Å². The maximum atomic E-state index is 11.6. The van der Waals surface area contributed by atoms with Crippen LogP contribution in [0, 0.1) is 0 Å². The highest BCUT2D eigenvalue weighted by molar-refractivity contribution is 7.99. The van der Waals surface area contributed by atoms with Crippen molar-refractivity contribution in [3.63, 3.8) is 0 Å². The molecule has 6 nitrogen and oxygen atoms in total. The molecule has 1 aliphatic carbocycles. The normalized spacial score (nSPS) is 20.0. The van der Waals surface area contributed by atoms with Gasteiger partial charge in [-0.1, -0.05) is 11.8 Å². The third-order valence-corrected chi connectivity index (χ3v) is 3.77. The van der Waals surface area contributed by atoms with Crippen LogP contribution in [-0.4, -0.2) is 45.7 Å². The lowest BCUT2D eigenvalue weighted by atomic mass is 10.2. The zero-order valence-corrected chi connectivity index (χ0v) is 10.2. The average Bonchev–Trinajstić information content (AvgIpc) is 3.00. The summed E-state index contributed by atoms with van der Waals surface area (Å²) >= 11 is 1.44. The van der Waals surface area contributed by atoms with Gasteiger partial charge in [0, 0.05) is 6.04 Å². The van der Waals surface area contributed by atoms with Crippen LogP contribution in [0.25, 0.3) is 0 Å². The maximum Gasteiger partial charge on any atom is 0.230 e. The minimum atomic E-state index is 0.0358. The van der Waals surface area contributed by atoms with E-state index in [-0.39, 0.29) is 11.9 Å². The summed E-state index contributed by atoms with van der Waals surface area (Å²) in [4.78, 5) is 11.6. The molecule has 92 valence electrons. The summed E-state index contributed by atoms with van der Waals surface area (Å²) in [5.41, 5.74) is 0. The van der Waals surface area contributed by atoms with Gasteiger partial charge in [-0.25, -0.2) is 0 Å². The standard InChI is InChI=1S/C10H14N4O2S/c15-9(12-7-3-16-4-7)5-17-10-13-11-6-14(10)8-1-2-8/h6-8H,1-5H2,(H,12,15). The van der Waals surface area contributed by atoms with Gasteiger partial charge in [0.05, 0.1) is 25.0 Å². The molecule has 1 saturated carbocycles. The highest BCUT2D eigenvalue weighted by atomic mass is 32.2. The summed E-state index contributed by atoms with van der Waals surface area (Å²) in [5.74, 6) is 0.427. The zero-order valence-electron chi connectivity index (χ0n) is 9.33. The molecule has 1 amide bonds. The summed E-state index contributed by atoms with van der Waals surface area (Å²) in [6.45, 7) is 1.27. The molecule has 1 aromatic heterocycles. The summed E-state index contributed by atoms with van der Waals surface area (Å²) in [5, 5.41) is 11.7. The molecule has 0 aromatic carbocycles. The lowest BCUT2D eigenvalue weighted by molar-refractivity contribution is -0.122. The van der Waals surface area contributed by atoms with Crippen molar-refractivity contribution in [1.82, 2.24) is 20.1 Å².